The van der Waals surface area contributed by atoms with Crippen LogP contribution in [0.2, 0.25) is 0 Å². The van der Waals surface area contributed by atoms with Gasteiger partial charge in [-0.15, -0.1) is 0 Å². The van der Waals surface area contributed by atoms with Crippen molar-refractivity contribution in [2.75, 3.05) is 47.5 Å². The second-order valence-electron chi connectivity index (χ2n) is 21.3. The quantitative estimate of drug-likeness (QED) is 0.0195. The first-order valence-corrected chi connectivity index (χ1v) is 30.4. The molecule has 430 valence electrons. The molecule has 0 aromatic rings. The molecule has 0 rings (SSSR count). The lowest BCUT2D eigenvalue weighted by Gasteiger charge is -2.26. The summed E-state index contributed by atoms with van der Waals surface area (Å²) in [5.74, 6) is -2.30. The first kappa shape index (κ1) is 71.2. The number of ether oxygens (including phenoxy) is 4. The van der Waals surface area contributed by atoms with Gasteiger partial charge in [0.25, 0.3) is 0 Å². The van der Waals surface area contributed by atoms with Gasteiger partial charge in [0.05, 0.1) is 40.3 Å². The Labute approximate surface area is 461 Å². The highest BCUT2D eigenvalue weighted by Gasteiger charge is 2.22. The largest absolute Gasteiger partial charge is 0.545 e. The van der Waals surface area contributed by atoms with Crippen LogP contribution in [0.15, 0.2) is 97.2 Å². The average molecular weight is 1050 g/mol. The number of rotatable bonds is 55. The summed E-state index contributed by atoms with van der Waals surface area (Å²) in [6, 6.07) is 0. The van der Waals surface area contributed by atoms with Crippen LogP contribution in [0, 0.1) is 0 Å². The van der Waals surface area contributed by atoms with Crippen LogP contribution in [0.25, 0.3) is 0 Å². The van der Waals surface area contributed by atoms with Crippen LogP contribution in [-0.4, -0.2) is 82.3 Å². The van der Waals surface area contributed by atoms with Crippen LogP contribution >= 0.6 is 0 Å². The molecule has 0 saturated heterocycles. The highest BCUT2D eigenvalue weighted by atomic mass is 16.7. The fraction of sp³-hybridized carbons (Fsp3) is 0.712. The lowest BCUT2D eigenvalue weighted by atomic mass is 10.0. The minimum absolute atomic E-state index is 0.141. The Morgan fingerprint density at radius 2 is 0.760 bits per heavy atom. The molecule has 0 aliphatic heterocycles. The molecule has 0 aromatic heterocycles. The summed E-state index contributed by atoms with van der Waals surface area (Å²) in [7, 11) is 5.92. The fourth-order valence-electron chi connectivity index (χ4n) is 8.16. The number of carbonyl (C=O) groups excluding carboxylic acids is 3. The zero-order valence-corrected chi connectivity index (χ0v) is 48.9. The van der Waals surface area contributed by atoms with Crippen LogP contribution < -0.4 is 5.11 Å². The summed E-state index contributed by atoms with van der Waals surface area (Å²) in [6.07, 6.45) is 73.1. The van der Waals surface area contributed by atoms with Gasteiger partial charge in [-0.3, -0.25) is 9.59 Å². The minimum atomic E-state index is -1.63. The van der Waals surface area contributed by atoms with E-state index in [4.69, 9.17) is 18.9 Å². The molecule has 0 aliphatic carbocycles. The highest BCUT2D eigenvalue weighted by Crippen LogP contribution is 2.16. The van der Waals surface area contributed by atoms with Crippen LogP contribution in [0.1, 0.15) is 245 Å². The van der Waals surface area contributed by atoms with Gasteiger partial charge in [-0.1, -0.05) is 233 Å². The maximum absolute atomic E-state index is 12.9. The van der Waals surface area contributed by atoms with Gasteiger partial charge >= 0.3 is 11.9 Å². The number of aliphatic carboxylic acids is 1. The molecule has 0 saturated carbocycles. The molecule has 0 bridgehead atoms. The van der Waals surface area contributed by atoms with Gasteiger partial charge in [-0.05, 0) is 96.3 Å². The number of hydrogen-bond acceptors (Lipinski definition) is 8. The topological polar surface area (TPSA) is 111 Å². The van der Waals surface area contributed by atoms with E-state index in [0.29, 0.717) is 17.4 Å². The van der Waals surface area contributed by atoms with E-state index in [1.165, 1.54) is 116 Å². The van der Waals surface area contributed by atoms with E-state index in [-0.39, 0.29) is 38.6 Å². The Hall–Kier alpha value is -3.79. The van der Waals surface area contributed by atoms with Crippen molar-refractivity contribution in [2.24, 2.45) is 0 Å². The van der Waals surface area contributed by atoms with Gasteiger partial charge < -0.3 is 33.3 Å². The second-order valence-corrected chi connectivity index (χ2v) is 21.3. The SMILES string of the molecule is CC/C=C\C/C=C\C/C=C\C/C=C\C/C=C\CCCCCCCCCCCCCCCC(=O)OC(COC(=O)CCCCCCCC/C=C\C/C=C\C/C=C\CCCCCCC)COC(OCC[N+](C)(C)C)C(=O)[O-]. The third-order valence-corrected chi connectivity index (χ3v) is 12.8. The average Bonchev–Trinajstić information content (AvgIpc) is 3.38. The van der Waals surface area contributed by atoms with E-state index in [1.807, 2.05) is 21.1 Å². The smallest absolute Gasteiger partial charge is 0.306 e. The highest BCUT2D eigenvalue weighted by molar-refractivity contribution is 5.70. The zero-order chi connectivity index (χ0) is 54.8. The fourth-order valence-corrected chi connectivity index (χ4v) is 8.16. The van der Waals surface area contributed by atoms with E-state index in [2.05, 4.69) is 111 Å². The zero-order valence-electron chi connectivity index (χ0n) is 48.9. The molecule has 0 N–H and O–H groups in total. The van der Waals surface area contributed by atoms with E-state index < -0.39 is 24.3 Å². The summed E-state index contributed by atoms with van der Waals surface area (Å²) >= 11 is 0. The maximum atomic E-state index is 12.9. The van der Waals surface area contributed by atoms with Gasteiger partial charge in [0.15, 0.2) is 12.4 Å². The van der Waals surface area contributed by atoms with Crippen LogP contribution in [0.5, 0.6) is 0 Å². The van der Waals surface area contributed by atoms with E-state index in [0.717, 1.165) is 96.3 Å². The van der Waals surface area contributed by atoms with Crippen molar-refractivity contribution in [3.05, 3.63) is 97.2 Å². The van der Waals surface area contributed by atoms with Gasteiger partial charge in [0.1, 0.15) is 13.2 Å². The number of allylic oxidation sites excluding steroid dienone is 16. The maximum Gasteiger partial charge on any atom is 0.306 e. The minimum Gasteiger partial charge on any atom is -0.545 e. The van der Waals surface area contributed by atoms with Gasteiger partial charge in [-0.2, -0.15) is 0 Å². The summed E-state index contributed by atoms with van der Waals surface area (Å²) in [5, 5.41) is 11.8. The molecular weight excluding hydrogens is 935 g/mol. The van der Waals surface area contributed by atoms with Crippen LogP contribution in [0.4, 0.5) is 0 Å². The number of hydrogen-bond donors (Lipinski definition) is 0. The molecule has 0 radical (unpaired) electrons. The first-order chi connectivity index (χ1) is 36.6. The summed E-state index contributed by atoms with van der Waals surface area (Å²) in [4.78, 5) is 37.3. The van der Waals surface area contributed by atoms with E-state index >= 15 is 0 Å². The molecule has 0 spiro atoms. The Bertz CT molecular complexity index is 1550. The Balaban J connectivity index is 4.24. The number of likely N-dealkylation sites (N-methyl/N-ethyl adjacent to an activating group) is 1. The first-order valence-electron chi connectivity index (χ1n) is 30.4. The van der Waals surface area contributed by atoms with E-state index in [1.54, 1.807) is 0 Å². The summed E-state index contributed by atoms with van der Waals surface area (Å²) in [6.45, 7) is 4.61. The molecule has 75 heavy (non-hydrogen) atoms. The molecule has 9 nitrogen and oxygen atoms in total. The number of carbonyl (C=O) groups is 3. The predicted octanol–water partition coefficient (Wildman–Crippen LogP) is 16.8. The summed E-state index contributed by atoms with van der Waals surface area (Å²) in [5.41, 5.74) is 0. The van der Waals surface area contributed by atoms with Crippen molar-refractivity contribution in [1.29, 1.82) is 0 Å². The number of carboxylic acid groups (broad SMARTS) is 1. The molecule has 2 atom stereocenters. The third kappa shape index (κ3) is 57.7. The van der Waals surface area contributed by atoms with Gasteiger partial charge in [-0.25, -0.2) is 0 Å². The van der Waals surface area contributed by atoms with Crippen molar-refractivity contribution in [3.63, 3.8) is 0 Å². The lowest BCUT2D eigenvalue weighted by molar-refractivity contribution is -0.870. The van der Waals surface area contributed by atoms with Gasteiger partial charge in [0, 0.05) is 12.8 Å². The standard InChI is InChI=1S/C66H113NO8/c1-6-8-10-12-14-16-18-20-22-24-26-28-29-30-31-32-33-34-35-37-39-41-43-45-47-49-51-53-55-57-64(69)75-62(61-74-66(65(70)71)72-59-58-67(3,4)5)60-73-63(68)56-54-52-50-48-46-44-42-40-38-36-27-25-23-21-19-17-15-13-11-9-7-2/h8,10,14,16,19-22,25-28,30-31,38,40,62,66H,6-7,9,11-13,15,17-18,23-24,29,32-37,39,41-61H2,1-5H3/b10-8-,16-14-,21-19-,22-20-,27-25-,28-26-,31-30-,40-38-. The van der Waals surface area contributed by atoms with Crippen molar-refractivity contribution < 1.29 is 42.9 Å². The van der Waals surface area contributed by atoms with Gasteiger partial charge in [0.2, 0.25) is 0 Å². The summed E-state index contributed by atoms with van der Waals surface area (Å²) < 4.78 is 22.7. The monoisotopic (exact) mass is 1050 g/mol. The normalized spacial score (nSPS) is 13.5. The molecule has 0 fully saturated rings. The molecule has 0 aliphatic rings. The van der Waals surface area contributed by atoms with Crippen molar-refractivity contribution in [3.8, 4) is 0 Å². The number of nitrogens with zero attached hydrogens (tertiary/aromatic N) is 1. The lowest BCUT2D eigenvalue weighted by Crippen LogP contribution is -2.44. The second kappa shape index (κ2) is 56.4. The third-order valence-electron chi connectivity index (χ3n) is 12.8. The number of esters is 2. The number of carboxylic acids is 1. The number of unbranched alkanes of at least 4 members (excludes halogenated alkanes) is 24. The molecule has 0 amide bonds. The van der Waals surface area contributed by atoms with Crippen molar-refractivity contribution in [2.45, 2.75) is 257 Å². The molecule has 2 unspecified atom stereocenters. The molecule has 0 aromatic carbocycles. The molecule has 0 heterocycles. The van der Waals surface area contributed by atoms with Crippen LogP contribution in [0.3, 0.4) is 0 Å². The van der Waals surface area contributed by atoms with Crippen molar-refractivity contribution in [1.82, 2.24) is 0 Å². The van der Waals surface area contributed by atoms with Crippen LogP contribution in [-0.2, 0) is 33.3 Å². The van der Waals surface area contributed by atoms with E-state index in [9.17, 15) is 19.5 Å². The number of quaternary nitrogens is 1. The predicted molar refractivity (Wildman–Crippen MR) is 315 cm³/mol. The Morgan fingerprint density at radius 1 is 0.413 bits per heavy atom. The molecule has 9 heteroatoms. The Morgan fingerprint density at radius 3 is 1.13 bits per heavy atom. The Kier molecular flexibility index (Phi) is 53.6. The molecular formula is C66H113NO8. The van der Waals surface area contributed by atoms with Crippen molar-refractivity contribution >= 4 is 17.9 Å².